The highest BCUT2D eigenvalue weighted by molar-refractivity contribution is 7.92. The van der Waals surface area contributed by atoms with Crippen LogP contribution in [0.4, 0.5) is 0 Å². The van der Waals surface area contributed by atoms with Crippen LogP contribution in [0.15, 0.2) is 42.9 Å². The number of aromatic nitrogens is 2. The van der Waals surface area contributed by atoms with Crippen molar-refractivity contribution in [2.45, 2.75) is 114 Å². The minimum atomic E-state index is -3.67. The summed E-state index contributed by atoms with van der Waals surface area (Å²) in [6, 6.07) is 7.49. The summed E-state index contributed by atoms with van der Waals surface area (Å²) in [5, 5.41) is 27.9. The molecule has 2 aliphatic rings. The first-order chi connectivity index (χ1) is 22.8. The van der Waals surface area contributed by atoms with Crippen LogP contribution in [0.1, 0.15) is 83.4 Å². The fourth-order valence-electron chi connectivity index (χ4n) is 6.06. The maximum atomic E-state index is 13.9. The largest absolute Gasteiger partial charge is 0.390 e. The summed E-state index contributed by atoms with van der Waals surface area (Å²) in [4.78, 5) is 34.8. The highest BCUT2D eigenvalue weighted by Crippen LogP contribution is 2.36. The lowest BCUT2D eigenvalue weighted by molar-refractivity contribution is -0.132. The number of amides is 2. The van der Waals surface area contributed by atoms with Gasteiger partial charge in [-0.3, -0.25) is 14.1 Å². The van der Waals surface area contributed by atoms with Crippen molar-refractivity contribution in [3.8, 4) is 0 Å². The molecule has 0 radical (unpaired) electrons. The van der Waals surface area contributed by atoms with E-state index >= 15 is 0 Å². The highest BCUT2D eigenvalue weighted by Gasteiger charge is 2.41. The van der Waals surface area contributed by atoms with Crippen LogP contribution in [-0.2, 0) is 42.4 Å². The van der Waals surface area contributed by atoms with Gasteiger partial charge in [0.2, 0.25) is 11.8 Å². The van der Waals surface area contributed by atoms with Gasteiger partial charge in [0.1, 0.15) is 12.1 Å². The molecule has 6 N–H and O–H groups in total. The van der Waals surface area contributed by atoms with Gasteiger partial charge < -0.3 is 25.8 Å². The summed E-state index contributed by atoms with van der Waals surface area (Å²) in [5.41, 5.74) is 1.44. The normalized spacial score (nSPS) is 19.0. The van der Waals surface area contributed by atoms with E-state index in [4.69, 9.17) is 4.55 Å². The molecule has 4 rings (SSSR count). The van der Waals surface area contributed by atoms with Gasteiger partial charge in [-0.1, -0.05) is 62.4 Å². The predicted octanol–water partition coefficient (Wildman–Crippen LogP) is 2.60. The molecule has 2 aliphatic carbocycles. The van der Waals surface area contributed by atoms with Gasteiger partial charge in [-0.05, 0) is 63.9 Å². The number of hydrogen-bond acceptors (Lipinski definition) is 9. The first kappa shape index (κ1) is 40.6. The number of aliphatic hydroxyl groups is 2. The lowest BCUT2D eigenvalue weighted by Crippen LogP contribution is -2.57. The van der Waals surface area contributed by atoms with Crippen molar-refractivity contribution >= 4 is 31.8 Å². The number of nitrogens with zero attached hydrogens (tertiary/aromatic N) is 1. The number of carbonyl (C=O) groups is 2. The number of rotatable bonds is 15. The lowest BCUT2D eigenvalue weighted by atomic mass is 9.82. The third-order valence-corrected chi connectivity index (χ3v) is 11.9. The maximum Gasteiger partial charge on any atom is 0.261 e. The van der Waals surface area contributed by atoms with Crippen LogP contribution < -0.4 is 10.6 Å². The second-order valence-corrected chi connectivity index (χ2v) is 18.8. The molecule has 1 aromatic carbocycles. The fourth-order valence-corrected chi connectivity index (χ4v) is 7.36. The molecule has 0 saturated heterocycles. The molecule has 1 heterocycles. The Morgan fingerprint density at radius 1 is 0.939 bits per heavy atom. The zero-order valence-corrected chi connectivity index (χ0v) is 30.5. The second-order valence-electron chi connectivity index (χ2n) is 14.5. The smallest absolute Gasteiger partial charge is 0.261 e. The highest BCUT2D eigenvalue weighted by atomic mass is 32.2. The molecule has 2 fully saturated rings. The molecule has 0 unspecified atom stereocenters. The second kappa shape index (κ2) is 17.9. The monoisotopic (exact) mass is 726 g/mol. The Balaban J connectivity index is 0.00000121. The van der Waals surface area contributed by atoms with E-state index in [-0.39, 0.29) is 24.5 Å². The number of benzene rings is 1. The molecular weight excluding hydrogens is 673 g/mol. The van der Waals surface area contributed by atoms with Crippen LogP contribution >= 0.6 is 0 Å². The third kappa shape index (κ3) is 14.1. The van der Waals surface area contributed by atoms with E-state index in [0.717, 1.165) is 44.1 Å². The third-order valence-electron chi connectivity index (χ3n) is 9.17. The number of hydrogen-bond donors (Lipinski definition) is 6. The first-order valence-electron chi connectivity index (χ1n) is 17.0. The molecule has 15 heteroatoms. The number of carbonyl (C=O) groups excluding carboxylic acids is 2. The molecule has 2 aromatic rings. The van der Waals surface area contributed by atoms with Crippen molar-refractivity contribution in [2.24, 2.45) is 17.8 Å². The zero-order chi connectivity index (χ0) is 36.4. The Labute approximate surface area is 290 Å². The topological polar surface area (TPSA) is 216 Å². The van der Waals surface area contributed by atoms with Gasteiger partial charge in [0.05, 0.1) is 41.1 Å². The van der Waals surface area contributed by atoms with Crippen LogP contribution in [0.25, 0.3) is 0 Å². The van der Waals surface area contributed by atoms with Crippen molar-refractivity contribution in [2.75, 3.05) is 12.0 Å². The minimum Gasteiger partial charge on any atom is -0.390 e. The van der Waals surface area contributed by atoms with E-state index in [0.29, 0.717) is 24.3 Å². The van der Waals surface area contributed by atoms with Crippen LogP contribution in [0.2, 0.25) is 0 Å². The Bertz CT molecular complexity index is 1530. The van der Waals surface area contributed by atoms with Crippen LogP contribution in [-0.4, -0.2) is 94.4 Å². The molecule has 0 aliphatic heterocycles. The van der Waals surface area contributed by atoms with Crippen LogP contribution in [0, 0.1) is 17.8 Å². The average molecular weight is 727 g/mol. The summed E-state index contributed by atoms with van der Waals surface area (Å²) >= 11 is 0. The number of sulfone groups is 1. The Hall–Kier alpha value is -2.85. The molecule has 2 amide bonds. The van der Waals surface area contributed by atoms with Gasteiger partial charge >= 0.3 is 0 Å². The summed E-state index contributed by atoms with van der Waals surface area (Å²) in [6.07, 6.45) is 9.65. The SMILES string of the molecule is CC(C)(C)S(=O)(=O)C[C@@H](Cc1ccccc1)C(=O)N[C@@H](Cc1cnc[nH]1)C(=O)N[C@@H](CC1CCCCC1)[C@@H](O)[C@@H](O)C1CC1.CS(=O)(=O)O. The van der Waals surface area contributed by atoms with Crippen LogP contribution in [0.3, 0.4) is 0 Å². The fraction of sp³-hybridized carbons (Fsp3) is 0.676. The van der Waals surface area contributed by atoms with E-state index < -0.39 is 66.7 Å². The summed E-state index contributed by atoms with van der Waals surface area (Å²) in [7, 11) is -7.33. The van der Waals surface area contributed by atoms with Crippen molar-refractivity contribution in [3.05, 3.63) is 54.1 Å². The van der Waals surface area contributed by atoms with Gasteiger partial charge in [-0.2, -0.15) is 8.42 Å². The van der Waals surface area contributed by atoms with Gasteiger partial charge in [-0.15, -0.1) is 0 Å². The molecule has 13 nitrogen and oxygen atoms in total. The molecule has 2 saturated carbocycles. The van der Waals surface area contributed by atoms with E-state index in [2.05, 4.69) is 20.6 Å². The minimum absolute atomic E-state index is 0.0276. The Morgan fingerprint density at radius 3 is 2.08 bits per heavy atom. The number of nitrogens with one attached hydrogen (secondary N) is 3. The number of aliphatic hydroxyl groups excluding tert-OH is 2. The number of imidazole rings is 1. The van der Waals surface area contributed by atoms with Crippen molar-refractivity contribution in [1.82, 2.24) is 20.6 Å². The summed E-state index contributed by atoms with van der Waals surface area (Å²) in [6.45, 7) is 4.84. The van der Waals surface area contributed by atoms with Crippen molar-refractivity contribution < 1.29 is 41.2 Å². The number of aromatic amines is 1. The van der Waals surface area contributed by atoms with E-state index in [9.17, 15) is 36.6 Å². The van der Waals surface area contributed by atoms with Crippen LogP contribution in [0.5, 0.6) is 0 Å². The predicted molar refractivity (Wildman–Crippen MR) is 187 cm³/mol. The molecule has 5 atom stereocenters. The summed E-state index contributed by atoms with van der Waals surface area (Å²) in [5.74, 6) is -1.98. The van der Waals surface area contributed by atoms with Crippen molar-refractivity contribution in [1.29, 1.82) is 0 Å². The van der Waals surface area contributed by atoms with Gasteiger partial charge in [0, 0.05) is 18.3 Å². The standard InChI is InChI=1S/C33H50N4O6S.CH4O3S/c1-33(2,3)44(42,43)20-25(16-22-10-6-4-7-11-22)31(40)37-28(18-26-19-34-21-35-26)32(41)36-27(17-23-12-8-5-9-13-23)30(39)29(38)24-14-15-24;1-5(2,3)4/h4,6-7,10-11,19,21,23-25,27-30,38-39H,5,8-9,12-18,20H2,1-3H3,(H,34,35)(H,36,41)(H,37,40);1H3,(H,2,3,4)/t25-,27+,28+,29+,30-;/m1./s1. The maximum absolute atomic E-state index is 13.9. The van der Waals surface area contributed by atoms with E-state index in [1.54, 1.807) is 27.0 Å². The zero-order valence-electron chi connectivity index (χ0n) is 28.9. The number of H-pyrrole nitrogens is 1. The average Bonchev–Trinajstić information content (AvgIpc) is 3.74. The van der Waals surface area contributed by atoms with E-state index in [1.807, 2.05) is 30.3 Å². The Morgan fingerprint density at radius 2 is 1.55 bits per heavy atom. The van der Waals surface area contributed by atoms with E-state index in [1.165, 1.54) is 12.7 Å². The van der Waals surface area contributed by atoms with Gasteiger partial charge in [-0.25, -0.2) is 13.4 Å². The molecule has 49 heavy (non-hydrogen) atoms. The lowest BCUT2D eigenvalue weighted by Gasteiger charge is -2.33. The Kier molecular flexibility index (Phi) is 14.8. The van der Waals surface area contributed by atoms with Gasteiger partial charge in [0.25, 0.3) is 10.1 Å². The first-order valence-corrected chi connectivity index (χ1v) is 20.5. The molecular formula is C34H54N4O9S2. The molecule has 0 spiro atoms. The molecule has 1 aromatic heterocycles. The summed E-state index contributed by atoms with van der Waals surface area (Å²) < 4.78 is 51.3. The van der Waals surface area contributed by atoms with Crippen molar-refractivity contribution in [3.63, 3.8) is 0 Å². The molecule has 0 bridgehead atoms. The molecule has 276 valence electrons. The van der Waals surface area contributed by atoms with Gasteiger partial charge in [0.15, 0.2) is 9.84 Å². The quantitative estimate of drug-likeness (QED) is 0.148.